The molecule has 0 aromatic rings. The summed E-state index contributed by atoms with van der Waals surface area (Å²) < 4.78 is 0. The van der Waals surface area contributed by atoms with Crippen LogP contribution in [0, 0.1) is 0 Å². The van der Waals surface area contributed by atoms with Crippen molar-refractivity contribution in [2.75, 3.05) is 0 Å². The minimum absolute atomic E-state index is 0. The van der Waals surface area contributed by atoms with E-state index in [2.05, 4.69) is 27.7 Å². The molecular weight excluding hydrogens is 1200 g/mol. The minimum Gasteiger partial charge on any atom is -0.550 e. The molecule has 4 radical (unpaired) electrons. The molecule has 0 aromatic heterocycles. The Hall–Kier alpha value is -1.20. The molecule has 0 saturated carbocycles. The van der Waals surface area contributed by atoms with Gasteiger partial charge in [-0.05, 0) is 51.4 Å². The van der Waals surface area contributed by atoms with Gasteiger partial charge in [-0.25, -0.2) is 0 Å². The molecule has 0 amide bonds. The van der Waals surface area contributed by atoms with Crippen molar-refractivity contribution in [1.29, 1.82) is 0 Å². The molecule has 0 spiro atoms. The maximum atomic E-state index is 10.2. The third kappa shape index (κ3) is 104. The van der Waals surface area contributed by atoms with E-state index in [0.29, 0.717) is 0 Å². The topological polar surface area (TPSA) is 161 Å². The molecule has 0 saturated heterocycles. The SMILES string of the molecule is CCCCCCCCCCCCCCCCCC(=O)[O-].CCCCCCCCCCCCCCCCCC(=O)[O-].CCCCCCCCCCCCCCCCCC(=O)[O-].CCCCCCCCCCCCCCCCCC(=O)[O-].[Pb]. The Kier molecular flexibility index (Phi) is 93.2. The van der Waals surface area contributed by atoms with Crippen molar-refractivity contribution in [3.05, 3.63) is 0 Å². The summed E-state index contributed by atoms with van der Waals surface area (Å²) in [7, 11) is 0. The zero-order chi connectivity index (χ0) is 59.6. The first-order valence-electron chi connectivity index (χ1n) is 35.9. The number of carboxylic acid groups (broad SMARTS) is 4. The van der Waals surface area contributed by atoms with Crippen LogP contribution in [0.1, 0.15) is 439 Å². The smallest absolute Gasteiger partial charge is 0.0414 e. The first kappa shape index (κ1) is 88.6. The summed E-state index contributed by atoms with van der Waals surface area (Å²) in [5.74, 6) is -3.61. The van der Waals surface area contributed by atoms with Gasteiger partial charge >= 0.3 is 0 Å². The summed E-state index contributed by atoms with van der Waals surface area (Å²) in [5, 5.41) is 40.9. The Morgan fingerprint density at radius 3 is 0.309 bits per heavy atom. The number of carbonyl (C=O) groups excluding carboxylic acids is 4. The zero-order valence-corrected chi connectivity index (χ0v) is 58.9. The van der Waals surface area contributed by atoms with Crippen molar-refractivity contribution in [3.63, 3.8) is 0 Å². The number of hydrogen-bond donors (Lipinski definition) is 0. The standard InChI is InChI=1S/4C18H36O2.Pb/c4*1-2-3-4-5-6-7-8-9-10-11-12-13-14-15-16-17-18(19)20;/h4*2-17H2,1H3,(H,19,20);/p-4. The van der Waals surface area contributed by atoms with Gasteiger partial charge < -0.3 is 39.6 Å². The van der Waals surface area contributed by atoms with E-state index < -0.39 is 23.9 Å². The van der Waals surface area contributed by atoms with Gasteiger partial charge in [0.15, 0.2) is 0 Å². The summed E-state index contributed by atoms with van der Waals surface area (Å²) in [6.45, 7) is 9.07. The van der Waals surface area contributed by atoms with Crippen LogP contribution in [0.5, 0.6) is 0 Å². The molecule has 484 valence electrons. The number of hydrogen-bond acceptors (Lipinski definition) is 8. The fraction of sp³-hybridized carbons (Fsp3) is 0.944. The molecule has 0 bridgehead atoms. The molecule has 0 aliphatic rings. The molecule has 0 heterocycles. The monoisotopic (exact) mass is 1340 g/mol. The second kappa shape index (κ2) is 85.2. The Morgan fingerprint density at radius 2 is 0.235 bits per heavy atom. The largest absolute Gasteiger partial charge is 0.550 e. The number of carboxylic acids is 4. The first-order chi connectivity index (χ1) is 39.1. The minimum atomic E-state index is -0.903. The maximum Gasteiger partial charge on any atom is 0.0414 e. The van der Waals surface area contributed by atoms with Crippen LogP contribution < -0.4 is 20.4 Å². The van der Waals surface area contributed by atoms with Crippen LogP contribution in [0.25, 0.3) is 0 Å². The molecule has 0 aromatic carbocycles. The Labute approximate surface area is 526 Å². The van der Waals surface area contributed by atoms with Crippen LogP contribution in [0.3, 0.4) is 0 Å². The molecule has 0 unspecified atom stereocenters. The van der Waals surface area contributed by atoms with Crippen molar-refractivity contribution < 1.29 is 39.6 Å². The van der Waals surface area contributed by atoms with E-state index in [1.165, 1.54) is 334 Å². The second-order valence-electron chi connectivity index (χ2n) is 24.3. The molecule has 81 heavy (non-hydrogen) atoms. The number of carbonyl (C=O) groups is 4. The summed E-state index contributed by atoms with van der Waals surface area (Å²) in [5.41, 5.74) is 0. The second-order valence-corrected chi connectivity index (χ2v) is 24.3. The Morgan fingerprint density at radius 1 is 0.160 bits per heavy atom. The van der Waals surface area contributed by atoms with Crippen molar-refractivity contribution in [2.24, 2.45) is 0 Å². The van der Waals surface area contributed by atoms with Crippen molar-refractivity contribution >= 4 is 51.2 Å². The average molecular weight is 1340 g/mol. The molecule has 0 fully saturated rings. The van der Waals surface area contributed by atoms with Crippen molar-refractivity contribution in [2.45, 2.75) is 439 Å². The summed E-state index contributed by atoms with van der Waals surface area (Å²) in [6.07, 6.45) is 79.4. The van der Waals surface area contributed by atoms with Gasteiger partial charge in [0.2, 0.25) is 0 Å². The fourth-order valence-electron chi connectivity index (χ4n) is 10.6. The molecule has 0 rings (SSSR count). The predicted octanol–water partition coefficient (Wildman–Crippen LogP) is 19.6. The summed E-state index contributed by atoms with van der Waals surface area (Å²) in [6, 6.07) is 0. The third-order valence-corrected chi connectivity index (χ3v) is 15.9. The molecule has 0 aliphatic carbocycles. The van der Waals surface area contributed by atoms with Gasteiger partial charge in [-0.3, -0.25) is 0 Å². The average Bonchev–Trinajstić information content (AvgIpc) is 3.43. The Bertz CT molecular complexity index is 990. The third-order valence-electron chi connectivity index (χ3n) is 15.9. The van der Waals surface area contributed by atoms with Gasteiger partial charge in [-0.15, -0.1) is 0 Å². The molecule has 8 nitrogen and oxygen atoms in total. The molecule has 9 heteroatoms. The summed E-state index contributed by atoms with van der Waals surface area (Å²) in [4.78, 5) is 40.9. The van der Waals surface area contributed by atoms with Gasteiger partial charge in [-0.2, -0.15) is 0 Å². The molecular formula is C72H140O8Pb-4. The van der Waals surface area contributed by atoms with Gasteiger partial charge in [0.05, 0.1) is 0 Å². The fourth-order valence-corrected chi connectivity index (χ4v) is 10.6. The van der Waals surface area contributed by atoms with E-state index in [0.717, 1.165) is 51.4 Å². The van der Waals surface area contributed by atoms with Crippen LogP contribution in [-0.4, -0.2) is 51.2 Å². The number of unbranched alkanes of at least 4 members (excludes halogenated alkanes) is 56. The molecule has 0 aliphatic heterocycles. The Balaban J connectivity index is -0.000000316. The van der Waals surface area contributed by atoms with E-state index in [1.54, 1.807) is 0 Å². The first-order valence-corrected chi connectivity index (χ1v) is 35.9. The van der Waals surface area contributed by atoms with Crippen molar-refractivity contribution in [3.8, 4) is 0 Å². The molecule has 0 N–H and O–H groups in total. The van der Waals surface area contributed by atoms with E-state index in [9.17, 15) is 39.6 Å². The van der Waals surface area contributed by atoms with Gasteiger partial charge in [0.25, 0.3) is 0 Å². The zero-order valence-electron chi connectivity index (χ0n) is 55.0. The van der Waals surface area contributed by atoms with E-state index in [1.807, 2.05) is 0 Å². The van der Waals surface area contributed by atoms with Crippen LogP contribution >= 0.6 is 0 Å². The number of rotatable bonds is 64. The van der Waals surface area contributed by atoms with Gasteiger partial charge in [0.1, 0.15) is 0 Å². The quantitative estimate of drug-likeness (QED) is 0.0430. The summed E-state index contributed by atoms with van der Waals surface area (Å²) >= 11 is 0. The van der Waals surface area contributed by atoms with Crippen LogP contribution in [0.2, 0.25) is 0 Å². The molecule has 0 atom stereocenters. The normalized spacial score (nSPS) is 10.7. The van der Waals surface area contributed by atoms with Gasteiger partial charge in [-0.1, -0.05) is 387 Å². The van der Waals surface area contributed by atoms with Crippen LogP contribution in [0.15, 0.2) is 0 Å². The van der Waals surface area contributed by atoms with Crippen LogP contribution in [-0.2, 0) is 19.2 Å². The van der Waals surface area contributed by atoms with E-state index in [4.69, 9.17) is 0 Å². The van der Waals surface area contributed by atoms with E-state index >= 15 is 0 Å². The van der Waals surface area contributed by atoms with Crippen molar-refractivity contribution in [1.82, 2.24) is 0 Å². The maximum absolute atomic E-state index is 10.2. The van der Waals surface area contributed by atoms with Gasteiger partial charge in [0, 0.05) is 51.2 Å². The predicted molar refractivity (Wildman–Crippen MR) is 344 cm³/mol. The number of aliphatic carboxylic acids is 4. The van der Waals surface area contributed by atoms with Crippen LogP contribution in [0.4, 0.5) is 0 Å². The van der Waals surface area contributed by atoms with E-state index in [-0.39, 0.29) is 53.0 Å².